The van der Waals surface area contributed by atoms with Gasteiger partial charge in [0.1, 0.15) is 12.1 Å². The molecule has 0 aliphatic heterocycles. The van der Waals surface area contributed by atoms with Crippen LogP contribution in [0.3, 0.4) is 0 Å². The zero-order valence-electron chi connectivity index (χ0n) is 19.2. The minimum atomic E-state index is -0.770. The number of alkyl carbamates (subject to hydrolysis) is 1. The highest BCUT2D eigenvalue weighted by Gasteiger charge is 2.22. The van der Waals surface area contributed by atoms with Crippen molar-refractivity contribution in [1.29, 1.82) is 0 Å². The molecule has 1 heterocycles. The lowest BCUT2D eigenvalue weighted by molar-refractivity contribution is -0.386. The van der Waals surface area contributed by atoms with Crippen LogP contribution < -0.4 is 16.2 Å². The van der Waals surface area contributed by atoms with Crippen LogP contribution in [0.25, 0.3) is 0 Å². The van der Waals surface area contributed by atoms with Crippen molar-refractivity contribution in [2.45, 2.75) is 78.5 Å². The molecule has 0 bridgehead atoms. The number of carbonyl (C=O) groups is 2. The van der Waals surface area contributed by atoms with E-state index >= 15 is 0 Å². The topological polar surface area (TPSA) is 133 Å². The summed E-state index contributed by atoms with van der Waals surface area (Å²) >= 11 is 0. The third-order valence-corrected chi connectivity index (χ3v) is 4.89. The first kappa shape index (κ1) is 26.1. The zero-order chi connectivity index (χ0) is 23.8. The molecule has 0 unspecified atom stereocenters. The molecule has 1 saturated carbocycles. The Morgan fingerprint density at radius 2 is 1.81 bits per heavy atom. The van der Waals surface area contributed by atoms with E-state index in [1.807, 2.05) is 20.8 Å². The van der Waals surface area contributed by atoms with Crippen LogP contribution in [-0.4, -0.2) is 40.2 Å². The number of nitrogens with zero attached hydrogens (tertiary/aromatic N) is 2. The molecule has 10 nitrogen and oxygen atoms in total. The first-order valence-electron chi connectivity index (χ1n) is 10.4. The summed E-state index contributed by atoms with van der Waals surface area (Å²) in [6, 6.07) is 2.89. The molecule has 1 fully saturated rings. The van der Waals surface area contributed by atoms with Gasteiger partial charge in [-0.05, 0) is 65.4 Å². The van der Waals surface area contributed by atoms with E-state index in [0.29, 0.717) is 11.7 Å². The smallest absolute Gasteiger partial charge is 0.407 e. The number of likely N-dealkylation sites (N-methyl/N-ethyl adjacent to an activating group) is 1. The average Bonchev–Trinajstić information content (AvgIpc) is 2.65. The molecular formula is C21H34N4O6. The van der Waals surface area contributed by atoms with E-state index in [1.165, 1.54) is 26.0 Å². The average molecular weight is 439 g/mol. The number of carbonyl (C=O) groups excluding carboxylic acids is 2. The van der Waals surface area contributed by atoms with Crippen molar-refractivity contribution < 1.29 is 19.2 Å². The second kappa shape index (κ2) is 11.5. The largest absolute Gasteiger partial charge is 0.444 e. The number of amides is 2. The molecule has 1 aliphatic rings. The van der Waals surface area contributed by atoms with Gasteiger partial charge in [0.2, 0.25) is 5.91 Å². The lowest BCUT2D eigenvalue weighted by Crippen LogP contribution is -2.40. The predicted octanol–water partition coefficient (Wildman–Crippen LogP) is 2.90. The van der Waals surface area contributed by atoms with Gasteiger partial charge in [0, 0.05) is 24.8 Å². The van der Waals surface area contributed by atoms with E-state index in [4.69, 9.17) is 4.74 Å². The Labute approximate surface area is 182 Å². The first-order chi connectivity index (χ1) is 14.3. The standard InChI is InChI=1S/C12H23NO2.C9H11N3O4/c1-9-5-7-10(8-6-9)13-11(14)15-12(2,3)4;1-6-3-4-7(12(15)16)9(14)11(6)5-8(13)10-2/h9-10H,5-8H2,1-4H3,(H,13,14);3-4H,5H2,1-2H3,(H,10,13). The summed E-state index contributed by atoms with van der Waals surface area (Å²) in [6.07, 6.45) is 4.31. The Bertz CT molecular complexity index is 835. The van der Waals surface area contributed by atoms with Crippen molar-refractivity contribution in [3.8, 4) is 0 Å². The zero-order valence-corrected chi connectivity index (χ0v) is 19.2. The van der Waals surface area contributed by atoms with Crippen LogP contribution in [0.1, 0.15) is 59.1 Å². The van der Waals surface area contributed by atoms with Gasteiger partial charge in [0.05, 0.1) is 4.92 Å². The number of aryl methyl sites for hydroxylation is 1. The molecule has 1 aliphatic carbocycles. The SMILES string of the molecule is CC1CCC(NC(=O)OC(C)(C)C)CC1.CNC(=O)Cn1c(C)ccc([N+](=O)[O-])c1=O. The third-order valence-electron chi connectivity index (χ3n) is 4.89. The number of ether oxygens (including phenoxy) is 1. The van der Waals surface area contributed by atoms with E-state index in [1.54, 1.807) is 6.92 Å². The maximum Gasteiger partial charge on any atom is 0.407 e. The van der Waals surface area contributed by atoms with Crippen molar-refractivity contribution in [3.05, 3.63) is 38.3 Å². The maximum absolute atomic E-state index is 11.6. The quantitative estimate of drug-likeness (QED) is 0.549. The fourth-order valence-corrected chi connectivity index (χ4v) is 3.10. The number of nitrogens with one attached hydrogen (secondary N) is 2. The fourth-order valence-electron chi connectivity index (χ4n) is 3.10. The number of hydrogen-bond donors (Lipinski definition) is 2. The predicted molar refractivity (Wildman–Crippen MR) is 117 cm³/mol. The van der Waals surface area contributed by atoms with Gasteiger partial charge in [-0.25, -0.2) is 4.79 Å². The molecule has 2 amide bonds. The van der Waals surface area contributed by atoms with Gasteiger partial charge in [-0.1, -0.05) is 6.92 Å². The highest BCUT2D eigenvalue weighted by molar-refractivity contribution is 5.75. The van der Waals surface area contributed by atoms with Crippen molar-refractivity contribution in [3.63, 3.8) is 0 Å². The second-order valence-electron chi connectivity index (χ2n) is 8.78. The monoisotopic (exact) mass is 438 g/mol. The van der Waals surface area contributed by atoms with Gasteiger partial charge in [-0.3, -0.25) is 24.3 Å². The van der Waals surface area contributed by atoms with Gasteiger partial charge in [0.15, 0.2) is 0 Å². The second-order valence-corrected chi connectivity index (χ2v) is 8.78. The Morgan fingerprint density at radius 3 is 2.29 bits per heavy atom. The summed E-state index contributed by atoms with van der Waals surface area (Å²) in [4.78, 5) is 44.0. The minimum absolute atomic E-state index is 0.219. The van der Waals surface area contributed by atoms with Crippen molar-refractivity contribution >= 4 is 17.7 Å². The van der Waals surface area contributed by atoms with Crippen molar-refractivity contribution in [2.75, 3.05) is 7.05 Å². The number of hydrogen-bond acceptors (Lipinski definition) is 6. The molecule has 174 valence electrons. The van der Waals surface area contributed by atoms with Crippen molar-refractivity contribution in [2.24, 2.45) is 5.92 Å². The molecule has 2 rings (SSSR count). The normalized spacial score (nSPS) is 18.3. The number of aromatic nitrogens is 1. The molecule has 31 heavy (non-hydrogen) atoms. The summed E-state index contributed by atoms with van der Waals surface area (Å²) in [5.41, 5.74) is -1.20. The van der Waals surface area contributed by atoms with Crippen molar-refractivity contribution in [1.82, 2.24) is 15.2 Å². The Morgan fingerprint density at radius 1 is 1.23 bits per heavy atom. The molecule has 10 heteroatoms. The molecule has 0 atom stereocenters. The van der Waals surface area contributed by atoms with Crippen LogP contribution in [0, 0.1) is 23.0 Å². The van der Waals surface area contributed by atoms with Crippen LogP contribution in [-0.2, 0) is 16.1 Å². The molecule has 1 aromatic rings. The summed E-state index contributed by atoms with van der Waals surface area (Å²) in [7, 11) is 1.43. The molecule has 0 aromatic carbocycles. The van der Waals surface area contributed by atoms with Crippen LogP contribution in [0.4, 0.5) is 10.5 Å². The molecule has 1 aromatic heterocycles. The summed E-state index contributed by atoms with van der Waals surface area (Å²) < 4.78 is 6.28. The summed E-state index contributed by atoms with van der Waals surface area (Å²) in [5.74, 6) is 0.424. The van der Waals surface area contributed by atoms with Gasteiger partial charge < -0.3 is 15.4 Å². The Hall–Kier alpha value is -2.91. The van der Waals surface area contributed by atoms with E-state index in [-0.39, 0.29) is 18.5 Å². The molecule has 0 spiro atoms. The molecular weight excluding hydrogens is 404 g/mol. The van der Waals surface area contributed by atoms with E-state index in [9.17, 15) is 24.5 Å². The number of pyridine rings is 1. The number of nitro groups is 1. The summed E-state index contributed by atoms with van der Waals surface area (Å²) in [6.45, 7) is 9.31. The lowest BCUT2D eigenvalue weighted by Gasteiger charge is -2.28. The minimum Gasteiger partial charge on any atom is -0.444 e. The molecule has 0 saturated heterocycles. The Kier molecular flexibility index (Phi) is 9.67. The van der Waals surface area contributed by atoms with Gasteiger partial charge in [0.25, 0.3) is 0 Å². The van der Waals surface area contributed by atoms with Gasteiger partial charge in [-0.2, -0.15) is 0 Å². The van der Waals surface area contributed by atoms with E-state index in [0.717, 1.165) is 29.4 Å². The lowest BCUT2D eigenvalue weighted by atomic mass is 9.87. The highest BCUT2D eigenvalue weighted by Crippen LogP contribution is 2.23. The van der Waals surface area contributed by atoms with E-state index in [2.05, 4.69) is 17.6 Å². The maximum atomic E-state index is 11.6. The first-order valence-corrected chi connectivity index (χ1v) is 10.4. The summed E-state index contributed by atoms with van der Waals surface area (Å²) in [5, 5.41) is 15.8. The van der Waals surface area contributed by atoms with E-state index < -0.39 is 21.8 Å². The third kappa shape index (κ3) is 9.18. The number of rotatable bonds is 4. The van der Waals surface area contributed by atoms with Gasteiger partial charge in [-0.15, -0.1) is 0 Å². The van der Waals surface area contributed by atoms with Crippen LogP contribution in [0.15, 0.2) is 16.9 Å². The van der Waals surface area contributed by atoms with Crippen LogP contribution >= 0.6 is 0 Å². The fraction of sp³-hybridized carbons (Fsp3) is 0.667. The molecule has 0 radical (unpaired) electrons. The molecule has 2 N–H and O–H groups in total. The van der Waals surface area contributed by atoms with Gasteiger partial charge >= 0.3 is 17.3 Å². The Balaban J connectivity index is 0.000000311. The van der Waals surface area contributed by atoms with Crippen LogP contribution in [0.2, 0.25) is 0 Å². The highest BCUT2D eigenvalue weighted by atomic mass is 16.6. The van der Waals surface area contributed by atoms with Crippen LogP contribution in [0.5, 0.6) is 0 Å².